The molecule has 1 nitrogen and oxygen atoms in total. The van der Waals surface area contributed by atoms with Crippen LogP contribution >= 0.6 is 27.7 Å². The molecule has 0 amide bonds. The highest BCUT2D eigenvalue weighted by Gasteiger charge is 2.13. The largest absolute Gasteiger partial charge is 0.381 e. The highest BCUT2D eigenvalue weighted by Crippen LogP contribution is 2.24. The molecule has 1 aromatic rings. The Hall–Kier alpha value is -0.150. The molecule has 0 aliphatic carbocycles. The van der Waals surface area contributed by atoms with E-state index >= 15 is 0 Å². The predicted molar refractivity (Wildman–Crippen MR) is 72.8 cm³/mol. The standard InChI is InChI=1S/C12H16BrNS/c1-9-7-10(4-5-12(9)13)14-11-3-2-6-15-8-11/h4-5,7,11,14H,2-3,6,8H2,1H3/t11-/m1/s1. The highest BCUT2D eigenvalue weighted by molar-refractivity contribution is 9.10. The molecule has 0 spiro atoms. The first-order chi connectivity index (χ1) is 7.25. The minimum Gasteiger partial charge on any atom is -0.381 e. The van der Waals surface area contributed by atoms with Crippen molar-refractivity contribution in [3.63, 3.8) is 0 Å². The average Bonchev–Trinajstić information content (AvgIpc) is 2.25. The van der Waals surface area contributed by atoms with E-state index in [-0.39, 0.29) is 0 Å². The van der Waals surface area contributed by atoms with Crippen LogP contribution < -0.4 is 5.32 Å². The summed E-state index contributed by atoms with van der Waals surface area (Å²) < 4.78 is 1.19. The van der Waals surface area contributed by atoms with Crippen LogP contribution in [0, 0.1) is 6.92 Å². The van der Waals surface area contributed by atoms with Gasteiger partial charge in [-0.1, -0.05) is 15.9 Å². The molecule has 1 N–H and O–H groups in total. The number of nitrogens with one attached hydrogen (secondary N) is 1. The van der Waals surface area contributed by atoms with Gasteiger partial charge < -0.3 is 5.32 Å². The zero-order valence-electron chi connectivity index (χ0n) is 8.92. The summed E-state index contributed by atoms with van der Waals surface area (Å²) in [5.41, 5.74) is 2.55. The predicted octanol–water partition coefficient (Wildman–Crippen LogP) is 4.07. The summed E-state index contributed by atoms with van der Waals surface area (Å²) in [5, 5.41) is 3.61. The van der Waals surface area contributed by atoms with Crippen molar-refractivity contribution in [2.45, 2.75) is 25.8 Å². The van der Waals surface area contributed by atoms with Crippen LogP contribution in [0.4, 0.5) is 5.69 Å². The lowest BCUT2D eigenvalue weighted by atomic mass is 10.1. The molecule has 3 heteroatoms. The van der Waals surface area contributed by atoms with Gasteiger partial charge in [0.05, 0.1) is 0 Å². The molecular weight excluding hydrogens is 270 g/mol. The smallest absolute Gasteiger partial charge is 0.0352 e. The van der Waals surface area contributed by atoms with Crippen LogP contribution in [0.15, 0.2) is 22.7 Å². The molecule has 1 aromatic carbocycles. The van der Waals surface area contributed by atoms with Crippen LogP contribution in [0.25, 0.3) is 0 Å². The summed E-state index contributed by atoms with van der Waals surface area (Å²) in [6.07, 6.45) is 2.65. The number of hydrogen-bond acceptors (Lipinski definition) is 2. The van der Waals surface area contributed by atoms with Gasteiger partial charge in [-0.2, -0.15) is 11.8 Å². The van der Waals surface area contributed by atoms with Crippen molar-refractivity contribution >= 4 is 33.4 Å². The molecule has 1 atom stereocenters. The van der Waals surface area contributed by atoms with Gasteiger partial charge >= 0.3 is 0 Å². The molecular formula is C12H16BrNS. The van der Waals surface area contributed by atoms with E-state index in [1.54, 1.807) is 0 Å². The van der Waals surface area contributed by atoms with Gasteiger partial charge in [0.15, 0.2) is 0 Å². The van der Waals surface area contributed by atoms with E-state index in [4.69, 9.17) is 0 Å². The molecule has 0 saturated carbocycles. The summed E-state index contributed by atoms with van der Waals surface area (Å²) in [5.74, 6) is 2.58. The second kappa shape index (κ2) is 5.26. The van der Waals surface area contributed by atoms with Gasteiger partial charge in [-0.05, 0) is 49.3 Å². The van der Waals surface area contributed by atoms with Crippen molar-refractivity contribution < 1.29 is 0 Å². The fourth-order valence-electron chi connectivity index (χ4n) is 1.82. The molecule has 0 bridgehead atoms. The number of aryl methyl sites for hydroxylation is 1. The highest BCUT2D eigenvalue weighted by atomic mass is 79.9. The van der Waals surface area contributed by atoms with Crippen molar-refractivity contribution in [3.05, 3.63) is 28.2 Å². The van der Waals surface area contributed by atoms with Crippen LogP contribution in [0.1, 0.15) is 18.4 Å². The SMILES string of the molecule is Cc1cc(N[C@@H]2CCCSC2)ccc1Br. The van der Waals surface area contributed by atoms with E-state index in [9.17, 15) is 0 Å². The van der Waals surface area contributed by atoms with E-state index < -0.39 is 0 Å². The topological polar surface area (TPSA) is 12.0 Å². The first-order valence-corrected chi connectivity index (χ1v) is 7.31. The molecule has 2 rings (SSSR count). The lowest BCUT2D eigenvalue weighted by molar-refractivity contribution is 0.685. The third-order valence-electron chi connectivity index (χ3n) is 2.69. The van der Waals surface area contributed by atoms with Crippen LogP contribution in [0.3, 0.4) is 0 Å². The Labute approximate surface area is 104 Å². The fourth-order valence-corrected chi connectivity index (χ4v) is 3.14. The average molecular weight is 286 g/mol. The van der Waals surface area contributed by atoms with Crippen molar-refractivity contribution in [2.24, 2.45) is 0 Å². The zero-order chi connectivity index (χ0) is 10.7. The van der Waals surface area contributed by atoms with Gasteiger partial charge in [-0.3, -0.25) is 0 Å². The van der Waals surface area contributed by atoms with E-state index in [0.717, 1.165) is 0 Å². The second-order valence-corrected chi connectivity index (χ2v) is 6.03. The molecule has 1 aliphatic rings. The minimum atomic E-state index is 0.657. The Morgan fingerprint density at radius 3 is 3.00 bits per heavy atom. The first-order valence-electron chi connectivity index (χ1n) is 5.36. The summed E-state index contributed by atoms with van der Waals surface area (Å²) in [7, 11) is 0. The van der Waals surface area contributed by atoms with Crippen LogP contribution in [-0.4, -0.2) is 17.5 Å². The van der Waals surface area contributed by atoms with E-state index in [2.05, 4.69) is 58.1 Å². The molecule has 82 valence electrons. The van der Waals surface area contributed by atoms with Crippen molar-refractivity contribution in [1.82, 2.24) is 0 Å². The van der Waals surface area contributed by atoms with Gasteiger partial charge in [0.25, 0.3) is 0 Å². The third kappa shape index (κ3) is 3.15. The Bertz CT molecular complexity index is 334. The summed E-state index contributed by atoms with van der Waals surface area (Å²) in [4.78, 5) is 0. The maximum atomic E-state index is 3.61. The van der Waals surface area contributed by atoms with Crippen molar-refractivity contribution in [2.75, 3.05) is 16.8 Å². The second-order valence-electron chi connectivity index (χ2n) is 4.02. The number of halogens is 1. The molecule has 0 unspecified atom stereocenters. The number of thioether (sulfide) groups is 1. The Balaban J connectivity index is 2.00. The lowest BCUT2D eigenvalue weighted by Gasteiger charge is -2.23. The van der Waals surface area contributed by atoms with E-state index in [0.29, 0.717) is 6.04 Å². The van der Waals surface area contributed by atoms with Crippen molar-refractivity contribution in [3.8, 4) is 0 Å². The first kappa shape index (κ1) is 11.3. The monoisotopic (exact) mass is 285 g/mol. The van der Waals surface area contributed by atoms with Crippen LogP contribution in [0.5, 0.6) is 0 Å². The Morgan fingerprint density at radius 2 is 2.33 bits per heavy atom. The van der Waals surface area contributed by atoms with Gasteiger partial charge in [-0.25, -0.2) is 0 Å². The molecule has 1 fully saturated rings. The molecule has 15 heavy (non-hydrogen) atoms. The fraction of sp³-hybridized carbons (Fsp3) is 0.500. The van der Waals surface area contributed by atoms with Crippen LogP contribution in [-0.2, 0) is 0 Å². The third-order valence-corrected chi connectivity index (χ3v) is 4.79. The van der Waals surface area contributed by atoms with Gasteiger partial charge in [0.1, 0.15) is 0 Å². The number of hydrogen-bond donors (Lipinski definition) is 1. The molecule has 1 saturated heterocycles. The minimum absolute atomic E-state index is 0.657. The van der Waals surface area contributed by atoms with Gasteiger partial charge in [0.2, 0.25) is 0 Å². The molecule has 1 aliphatic heterocycles. The zero-order valence-corrected chi connectivity index (χ0v) is 11.3. The maximum Gasteiger partial charge on any atom is 0.0352 e. The summed E-state index contributed by atoms with van der Waals surface area (Å²) in [6, 6.07) is 7.14. The number of anilines is 1. The quantitative estimate of drug-likeness (QED) is 0.879. The maximum absolute atomic E-state index is 3.61. The van der Waals surface area contributed by atoms with E-state index in [1.165, 1.54) is 40.1 Å². The number of benzene rings is 1. The number of rotatable bonds is 2. The summed E-state index contributed by atoms with van der Waals surface area (Å²) >= 11 is 5.58. The molecule has 1 heterocycles. The Morgan fingerprint density at radius 1 is 1.47 bits per heavy atom. The molecule has 0 radical (unpaired) electrons. The normalized spacial score (nSPS) is 21.3. The van der Waals surface area contributed by atoms with Crippen molar-refractivity contribution in [1.29, 1.82) is 0 Å². The Kier molecular flexibility index (Phi) is 3.98. The van der Waals surface area contributed by atoms with Gasteiger partial charge in [0, 0.05) is 22.0 Å². The lowest BCUT2D eigenvalue weighted by Crippen LogP contribution is -2.25. The van der Waals surface area contributed by atoms with Gasteiger partial charge in [-0.15, -0.1) is 0 Å². The van der Waals surface area contributed by atoms with E-state index in [1.807, 2.05) is 0 Å². The van der Waals surface area contributed by atoms with Crippen LogP contribution in [0.2, 0.25) is 0 Å². The molecule has 0 aromatic heterocycles. The summed E-state index contributed by atoms with van der Waals surface area (Å²) in [6.45, 7) is 2.13.